The van der Waals surface area contributed by atoms with Gasteiger partial charge in [-0.2, -0.15) is 0 Å². The van der Waals surface area contributed by atoms with E-state index < -0.39 is 17.9 Å². The fourth-order valence-corrected chi connectivity index (χ4v) is 3.49. The van der Waals surface area contributed by atoms with E-state index in [2.05, 4.69) is 10.3 Å². The number of aliphatic hydroxyl groups is 1. The van der Waals surface area contributed by atoms with Gasteiger partial charge >= 0.3 is 5.97 Å². The molecule has 0 saturated carbocycles. The first-order chi connectivity index (χ1) is 10.0. The normalized spacial score (nSPS) is 12.1. The Balaban J connectivity index is 2.18. The molecule has 0 spiro atoms. The van der Waals surface area contributed by atoms with Gasteiger partial charge in [-0.1, -0.05) is 6.07 Å². The third-order valence-corrected chi connectivity index (χ3v) is 4.95. The number of amides is 1. The number of aliphatic carboxylic acids is 1. The van der Waals surface area contributed by atoms with Crippen molar-refractivity contribution in [2.24, 2.45) is 0 Å². The highest BCUT2D eigenvalue weighted by atomic mass is 32.1. The van der Waals surface area contributed by atoms with Gasteiger partial charge in [-0.3, -0.25) is 4.79 Å². The largest absolute Gasteiger partial charge is 0.480 e. The highest BCUT2D eigenvalue weighted by Gasteiger charge is 2.23. The van der Waals surface area contributed by atoms with Gasteiger partial charge in [-0.05, 0) is 18.4 Å². The quantitative estimate of drug-likeness (QED) is 0.751. The lowest BCUT2D eigenvalue weighted by Crippen LogP contribution is -2.41. The van der Waals surface area contributed by atoms with Crippen molar-refractivity contribution in [3.8, 4) is 9.88 Å². The average Bonchev–Trinajstić information content (AvgIpc) is 3.06. The van der Waals surface area contributed by atoms with Crippen molar-refractivity contribution < 1.29 is 19.8 Å². The molecule has 2 aromatic rings. The molecule has 112 valence electrons. The molecule has 0 aromatic carbocycles. The summed E-state index contributed by atoms with van der Waals surface area (Å²) in [6.45, 7) is 1.41. The Morgan fingerprint density at radius 3 is 2.81 bits per heavy atom. The number of aromatic nitrogens is 1. The summed E-state index contributed by atoms with van der Waals surface area (Å²) in [5, 5.41) is 22.9. The number of nitrogens with zero attached hydrogens (tertiary/aromatic N) is 1. The number of carbonyl (C=O) groups excluding carboxylic acids is 1. The summed E-state index contributed by atoms with van der Waals surface area (Å²) in [4.78, 5) is 28.9. The number of hydrogen-bond acceptors (Lipinski definition) is 6. The van der Waals surface area contributed by atoms with E-state index in [1.54, 1.807) is 6.92 Å². The van der Waals surface area contributed by atoms with Crippen molar-refractivity contribution >= 4 is 34.6 Å². The van der Waals surface area contributed by atoms with Crippen LogP contribution in [0.3, 0.4) is 0 Å². The minimum atomic E-state index is -1.17. The Morgan fingerprint density at radius 1 is 1.48 bits per heavy atom. The van der Waals surface area contributed by atoms with Crippen molar-refractivity contribution in [1.29, 1.82) is 0 Å². The van der Waals surface area contributed by atoms with Crippen LogP contribution in [0.15, 0.2) is 17.5 Å². The van der Waals surface area contributed by atoms with Crippen LogP contribution < -0.4 is 5.32 Å². The molecule has 0 fully saturated rings. The molecule has 8 heteroatoms. The van der Waals surface area contributed by atoms with Crippen molar-refractivity contribution in [3.63, 3.8) is 0 Å². The summed E-state index contributed by atoms with van der Waals surface area (Å²) in [7, 11) is 0. The molecule has 2 aromatic heterocycles. The van der Waals surface area contributed by atoms with Crippen LogP contribution in [0, 0.1) is 6.92 Å². The zero-order chi connectivity index (χ0) is 15.4. The zero-order valence-corrected chi connectivity index (χ0v) is 12.8. The number of aliphatic hydroxyl groups excluding tert-OH is 1. The van der Waals surface area contributed by atoms with Crippen molar-refractivity contribution in [3.05, 3.63) is 28.1 Å². The summed E-state index contributed by atoms with van der Waals surface area (Å²) in [6.07, 6.45) is -0.0310. The lowest BCUT2D eigenvalue weighted by atomic mass is 10.2. The van der Waals surface area contributed by atoms with E-state index in [1.807, 2.05) is 17.5 Å². The number of thiazole rings is 1. The Hall–Kier alpha value is -1.77. The van der Waals surface area contributed by atoms with E-state index in [0.29, 0.717) is 10.6 Å². The third kappa shape index (κ3) is 3.66. The molecule has 6 nitrogen and oxygen atoms in total. The minimum absolute atomic E-state index is 0.0310. The number of carboxylic acid groups (broad SMARTS) is 1. The summed E-state index contributed by atoms with van der Waals surface area (Å²) in [5.41, 5.74) is 0.564. The van der Waals surface area contributed by atoms with Crippen LogP contribution in [0.2, 0.25) is 0 Å². The lowest BCUT2D eigenvalue weighted by molar-refractivity contribution is -0.139. The SMILES string of the molecule is Cc1nc(-c2cccs2)sc1C(=O)NC(CCO)C(=O)O. The van der Waals surface area contributed by atoms with E-state index in [9.17, 15) is 9.59 Å². The molecule has 2 heterocycles. The molecule has 1 amide bonds. The molecule has 2 rings (SSSR count). The van der Waals surface area contributed by atoms with Crippen molar-refractivity contribution in [2.75, 3.05) is 6.61 Å². The van der Waals surface area contributed by atoms with Gasteiger partial charge in [0.05, 0.1) is 10.6 Å². The van der Waals surface area contributed by atoms with E-state index >= 15 is 0 Å². The van der Waals surface area contributed by atoms with Crippen LogP contribution in [0.4, 0.5) is 0 Å². The highest BCUT2D eigenvalue weighted by molar-refractivity contribution is 7.22. The van der Waals surface area contributed by atoms with Gasteiger partial charge in [-0.15, -0.1) is 22.7 Å². The van der Waals surface area contributed by atoms with Crippen LogP contribution in [0.5, 0.6) is 0 Å². The second-order valence-electron chi connectivity index (χ2n) is 4.29. The van der Waals surface area contributed by atoms with Crippen LogP contribution in [0.1, 0.15) is 21.8 Å². The topological polar surface area (TPSA) is 99.5 Å². The molecule has 0 aliphatic rings. The second-order valence-corrected chi connectivity index (χ2v) is 6.23. The molecule has 0 radical (unpaired) electrons. The molecular weight excluding hydrogens is 312 g/mol. The Morgan fingerprint density at radius 2 is 2.24 bits per heavy atom. The van der Waals surface area contributed by atoms with Crippen LogP contribution in [-0.4, -0.2) is 39.7 Å². The fourth-order valence-electron chi connectivity index (χ4n) is 1.72. The molecule has 0 saturated heterocycles. The number of carbonyl (C=O) groups is 2. The summed E-state index contributed by atoms with van der Waals surface area (Å²) in [5.74, 6) is -1.65. The van der Waals surface area contributed by atoms with E-state index in [1.165, 1.54) is 22.7 Å². The summed E-state index contributed by atoms with van der Waals surface area (Å²) >= 11 is 2.75. The van der Waals surface area contributed by atoms with Gasteiger partial charge in [0.25, 0.3) is 5.91 Å². The first-order valence-corrected chi connectivity index (χ1v) is 7.88. The van der Waals surface area contributed by atoms with Gasteiger partial charge in [0, 0.05) is 13.0 Å². The second kappa shape index (κ2) is 6.79. The Labute approximate surface area is 129 Å². The fraction of sp³-hybridized carbons (Fsp3) is 0.308. The van der Waals surface area contributed by atoms with Gasteiger partial charge < -0.3 is 15.5 Å². The van der Waals surface area contributed by atoms with Gasteiger partial charge in [0.1, 0.15) is 15.9 Å². The number of nitrogens with one attached hydrogen (secondary N) is 1. The maximum absolute atomic E-state index is 12.2. The number of hydrogen-bond donors (Lipinski definition) is 3. The van der Waals surface area contributed by atoms with E-state index in [-0.39, 0.29) is 13.0 Å². The van der Waals surface area contributed by atoms with Crippen molar-refractivity contribution in [1.82, 2.24) is 10.3 Å². The Kier molecular flexibility index (Phi) is 5.05. The predicted octanol–water partition coefficient (Wildman–Crippen LogP) is 1.75. The third-order valence-electron chi connectivity index (χ3n) is 2.76. The number of carboxylic acids is 1. The lowest BCUT2D eigenvalue weighted by Gasteiger charge is -2.12. The Bertz CT molecular complexity index is 637. The van der Waals surface area contributed by atoms with Crippen LogP contribution >= 0.6 is 22.7 Å². The number of aryl methyl sites for hydroxylation is 1. The smallest absolute Gasteiger partial charge is 0.326 e. The molecule has 0 aliphatic heterocycles. The highest BCUT2D eigenvalue weighted by Crippen LogP contribution is 2.31. The average molecular weight is 326 g/mol. The van der Waals surface area contributed by atoms with Crippen molar-refractivity contribution in [2.45, 2.75) is 19.4 Å². The standard InChI is InChI=1S/C13H14N2O4S2/c1-7-10(11(17)15-8(4-5-16)13(18)19)21-12(14-7)9-3-2-6-20-9/h2-3,6,8,16H,4-5H2,1H3,(H,15,17)(H,18,19). The molecule has 1 unspecified atom stereocenters. The molecule has 3 N–H and O–H groups in total. The van der Waals surface area contributed by atoms with Crippen LogP contribution in [-0.2, 0) is 4.79 Å². The van der Waals surface area contributed by atoms with Gasteiger partial charge in [0.2, 0.25) is 0 Å². The first-order valence-electron chi connectivity index (χ1n) is 6.18. The van der Waals surface area contributed by atoms with E-state index in [4.69, 9.17) is 10.2 Å². The number of thiophene rings is 1. The zero-order valence-electron chi connectivity index (χ0n) is 11.2. The molecular formula is C13H14N2O4S2. The predicted molar refractivity (Wildman–Crippen MR) is 80.8 cm³/mol. The molecule has 21 heavy (non-hydrogen) atoms. The summed E-state index contributed by atoms with van der Waals surface area (Å²) < 4.78 is 0. The van der Waals surface area contributed by atoms with Crippen LogP contribution in [0.25, 0.3) is 9.88 Å². The maximum atomic E-state index is 12.2. The molecule has 0 bridgehead atoms. The van der Waals surface area contributed by atoms with E-state index in [0.717, 1.165) is 9.88 Å². The molecule has 1 atom stereocenters. The molecule has 0 aliphatic carbocycles. The maximum Gasteiger partial charge on any atom is 0.326 e. The number of rotatable bonds is 6. The minimum Gasteiger partial charge on any atom is -0.480 e. The van der Waals surface area contributed by atoms with Gasteiger partial charge in [0.15, 0.2) is 0 Å². The summed E-state index contributed by atoms with van der Waals surface area (Å²) in [6, 6.07) is 2.71. The monoisotopic (exact) mass is 326 g/mol. The first kappa shape index (κ1) is 15.6. The van der Waals surface area contributed by atoms with Gasteiger partial charge in [-0.25, -0.2) is 9.78 Å².